The summed E-state index contributed by atoms with van der Waals surface area (Å²) in [5, 5.41) is 11.4. The van der Waals surface area contributed by atoms with Gasteiger partial charge < -0.3 is 14.9 Å². The third kappa shape index (κ3) is 4.11. The van der Waals surface area contributed by atoms with Crippen LogP contribution in [0.3, 0.4) is 0 Å². The second-order valence-electron chi connectivity index (χ2n) is 7.22. The summed E-state index contributed by atoms with van der Waals surface area (Å²) >= 11 is 6.01. The average Bonchev–Trinajstić information content (AvgIpc) is 2.93. The van der Waals surface area contributed by atoms with Gasteiger partial charge in [-0.1, -0.05) is 54.1 Å². The Balaban J connectivity index is 2.07. The fraction of sp³-hybridized carbons (Fsp3) is 0.273. The van der Waals surface area contributed by atoms with Crippen LogP contribution in [-0.4, -0.2) is 48.9 Å². The van der Waals surface area contributed by atoms with Crippen molar-refractivity contribution in [2.24, 2.45) is 0 Å². The normalized spacial score (nSPS) is 18.9. The lowest BCUT2D eigenvalue weighted by molar-refractivity contribution is -0.858. The number of likely N-dealkylation sites (tertiary alicyclic amines) is 1. The molecular weight excluding hydrogens is 376 g/mol. The summed E-state index contributed by atoms with van der Waals surface area (Å²) in [7, 11) is 4.08. The van der Waals surface area contributed by atoms with E-state index < -0.39 is 17.7 Å². The topological polar surface area (TPSA) is 62.0 Å². The molecule has 1 aliphatic heterocycles. The van der Waals surface area contributed by atoms with Gasteiger partial charge >= 0.3 is 0 Å². The van der Waals surface area contributed by atoms with Gasteiger partial charge in [-0.25, -0.2) is 0 Å². The fourth-order valence-corrected chi connectivity index (χ4v) is 3.58. The number of rotatable bonds is 6. The molecule has 2 aromatic carbocycles. The molecule has 1 heterocycles. The van der Waals surface area contributed by atoms with Gasteiger partial charge in [-0.2, -0.15) is 0 Å². The molecule has 0 aromatic heterocycles. The number of hydrogen-bond donors (Lipinski definition) is 2. The van der Waals surface area contributed by atoms with E-state index in [9.17, 15) is 14.7 Å². The molecule has 0 radical (unpaired) electrons. The molecular formula is C22H24ClN2O3+. The summed E-state index contributed by atoms with van der Waals surface area (Å²) < 4.78 is 0. The van der Waals surface area contributed by atoms with E-state index in [2.05, 4.69) is 0 Å². The van der Waals surface area contributed by atoms with Crippen LogP contribution in [0.25, 0.3) is 5.76 Å². The maximum Gasteiger partial charge on any atom is 0.295 e. The number of aliphatic hydroxyl groups excluding tert-OH is 1. The summed E-state index contributed by atoms with van der Waals surface area (Å²) in [5.74, 6) is -1.38. The van der Waals surface area contributed by atoms with Crippen LogP contribution in [0, 0.1) is 0 Å². The largest absolute Gasteiger partial charge is 0.507 e. The van der Waals surface area contributed by atoms with Crippen molar-refractivity contribution in [1.82, 2.24) is 4.90 Å². The number of amides is 1. The van der Waals surface area contributed by atoms with Gasteiger partial charge in [0.05, 0.1) is 32.3 Å². The Labute approximate surface area is 169 Å². The molecule has 2 aromatic rings. The average molecular weight is 400 g/mol. The van der Waals surface area contributed by atoms with E-state index >= 15 is 0 Å². The standard InChI is InChI=1S/C22H23ClN2O3/c1-24(2)13-6-14-25-19(15-9-11-17(23)12-10-15)18(21(27)22(25)28)20(26)16-7-4-3-5-8-16/h3-5,7-12,19,26H,6,13-14H2,1-2H3/p+1/t19-/m1/s1. The van der Waals surface area contributed by atoms with Crippen molar-refractivity contribution in [3.63, 3.8) is 0 Å². The minimum absolute atomic E-state index is 0.121. The first kappa shape index (κ1) is 20.1. The first-order valence-corrected chi connectivity index (χ1v) is 9.66. The first-order valence-electron chi connectivity index (χ1n) is 9.28. The van der Waals surface area contributed by atoms with Crippen LogP contribution < -0.4 is 4.90 Å². The van der Waals surface area contributed by atoms with Crippen LogP contribution in [0.5, 0.6) is 0 Å². The molecule has 6 heteroatoms. The van der Waals surface area contributed by atoms with Gasteiger partial charge in [0, 0.05) is 23.6 Å². The molecule has 1 saturated heterocycles. The Hall–Kier alpha value is -2.63. The number of nitrogens with zero attached hydrogens (tertiary/aromatic N) is 1. The Morgan fingerprint density at radius 2 is 1.71 bits per heavy atom. The van der Waals surface area contributed by atoms with E-state index in [1.165, 1.54) is 4.90 Å². The van der Waals surface area contributed by atoms with E-state index in [0.717, 1.165) is 18.5 Å². The number of benzene rings is 2. The van der Waals surface area contributed by atoms with E-state index in [4.69, 9.17) is 11.6 Å². The smallest absolute Gasteiger partial charge is 0.295 e. The van der Waals surface area contributed by atoms with Gasteiger partial charge in [0.2, 0.25) is 0 Å². The Kier molecular flexibility index (Phi) is 6.17. The molecule has 1 fully saturated rings. The van der Waals surface area contributed by atoms with E-state index in [0.29, 0.717) is 17.1 Å². The zero-order chi connectivity index (χ0) is 20.3. The molecule has 28 heavy (non-hydrogen) atoms. The predicted molar refractivity (Wildman–Crippen MR) is 109 cm³/mol. The van der Waals surface area contributed by atoms with E-state index in [1.807, 2.05) is 20.2 Å². The van der Waals surface area contributed by atoms with Crippen LogP contribution in [0.15, 0.2) is 60.2 Å². The number of nitrogens with one attached hydrogen (secondary N) is 1. The highest BCUT2D eigenvalue weighted by molar-refractivity contribution is 6.46. The monoisotopic (exact) mass is 399 g/mol. The van der Waals surface area contributed by atoms with Gasteiger partial charge in [0.1, 0.15) is 5.76 Å². The summed E-state index contributed by atoms with van der Waals surface area (Å²) in [4.78, 5) is 28.4. The predicted octanol–water partition coefficient (Wildman–Crippen LogP) is 2.30. The van der Waals surface area contributed by atoms with Gasteiger partial charge in [-0.3, -0.25) is 9.59 Å². The summed E-state index contributed by atoms with van der Waals surface area (Å²) in [5.41, 5.74) is 1.38. The van der Waals surface area contributed by atoms with Gasteiger partial charge in [0.15, 0.2) is 0 Å². The van der Waals surface area contributed by atoms with Crippen LogP contribution in [-0.2, 0) is 9.59 Å². The van der Waals surface area contributed by atoms with Crippen LogP contribution in [0.2, 0.25) is 5.02 Å². The quantitative estimate of drug-likeness (QED) is 0.445. The number of aliphatic hydroxyl groups is 1. The number of quaternary nitrogens is 1. The van der Waals surface area contributed by atoms with Gasteiger partial charge in [-0.15, -0.1) is 0 Å². The molecule has 0 aliphatic carbocycles. The Morgan fingerprint density at radius 1 is 1.07 bits per heavy atom. The van der Waals surface area contributed by atoms with Gasteiger partial charge in [0.25, 0.3) is 11.7 Å². The van der Waals surface area contributed by atoms with Gasteiger partial charge in [-0.05, 0) is 17.7 Å². The minimum atomic E-state index is -0.654. The summed E-state index contributed by atoms with van der Waals surface area (Å²) in [6.07, 6.45) is 0.755. The van der Waals surface area contributed by atoms with Crippen LogP contribution in [0.4, 0.5) is 0 Å². The molecule has 0 bridgehead atoms. The number of carbonyl (C=O) groups excluding carboxylic acids is 2. The number of Topliss-reactive ketones (excluding diaryl/α,β-unsaturated/α-hetero) is 1. The first-order chi connectivity index (χ1) is 13.4. The van der Waals surface area contributed by atoms with Crippen molar-refractivity contribution in [2.75, 3.05) is 27.2 Å². The summed E-state index contributed by atoms with van der Waals surface area (Å²) in [6, 6.07) is 15.2. The Morgan fingerprint density at radius 3 is 2.32 bits per heavy atom. The van der Waals surface area contributed by atoms with E-state index in [-0.39, 0.29) is 11.3 Å². The van der Waals surface area contributed by atoms with Crippen molar-refractivity contribution >= 4 is 29.1 Å². The van der Waals surface area contributed by atoms with Crippen LogP contribution in [0.1, 0.15) is 23.6 Å². The molecule has 2 N–H and O–H groups in total. The van der Waals surface area contributed by atoms with Crippen molar-refractivity contribution < 1.29 is 19.6 Å². The number of hydrogen-bond acceptors (Lipinski definition) is 3. The Bertz CT molecular complexity index is 892. The van der Waals surface area contributed by atoms with Crippen LogP contribution >= 0.6 is 11.6 Å². The minimum Gasteiger partial charge on any atom is -0.507 e. The SMILES string of the molecule is C[NH+](C)CCCN1C(=O)C(=O)C(=C(O)c2ccccc2)[C@H]1c1ccc(Cl)cc1. The van der Waals surface area contributed by atoms with E-state index in [1.54, 1.807) is 53.4 Å². The highest BCUT2D eigenvalue weighted by Crippen LogP contribution is 2.39. The number of ketones is 1. The lowest BCUT2D eigenvalue weighted by Crippen LogP contribution is -3.05. The molecule has 0 unspecified atom stereocenters. The lowest BCUT2D eigenvalue weighted by Gasteiger charge is -2.25. The van der Waals surface area contributed by atoms with Crippen molar-refractivity contribution in [1.29, 1.82) is 0 Å². The van der Waals surface area contributed by atoms with Crippen molar-refractivity contribution in [3.05, 3.63) is 76.3 Å². The maximum absolute atomic E-state index is 12.8. The molecule has 5 nitrogen and oxygen atoms in total. The molecule has 0 saturated carbocycles. The number of halogens is 1. The summed E-state index contributed by atoms with van der Waals surface area (Å²) in [6.45, 7) is 1.31. The second-order valence-corrected chi connectivity index (χ2v) is 7.66. The zero-order valence-electron chi connectivity index (χ0n) is 16.0. The third-order valence-corrected chi connectivity index (χ3v) is 5.10. The second kappa shape index (κ2) is 8.59. The number of carbonyl (C=O) groups is 2. The highest BCUT2D eigenvalue weighted by Gasteiger charge is 2.45. The molecule has 1 aliphatic rings. The molecule has 1 amide bonds. The van der Waals surface area contributed by atoms with Crippen molar-refractivity contribution in [3.8, 4) is 0 Å². The molecule has 0 spiro atoms. The molecule has 3 rings (SSSR count). The lowest BCUT2D eigenvalue weighted by atomic mass is 9.95. The molecule has 1 atom stereocenters. The fourth-order valence-electron chi connectivity index (χ4n) is 3.46. The molecule has 146 valence electrons. The zero-order valence-corrected chi connectivity index (χ0v) is 16.7. The third-order valence-electron chi connectivity index (χ3n) is 4.85. The van der Waals surface area contributed by atoms with Crippen molar-refractivity contribution in [2.45, 2.75) is 12.5 Å². The highest BCUT2D eigenvalue weighted by atomic mass is 35.5. The maximum atomic E-state index is 12.8.